The van der Waals surface area contributed by atoms with Gasteiger partial charge in [-0.25, -0.2) is 9.18 Å². The van der Waals surface area contributed by atoms with Gasteiger partial charge in [0.15, 0.2) is 0 Å². The molecule has 2 bridgehead atoms. The van der Waals surface area contributed by atoms with Crippen LogP contribution in [0.4, 0.5) is 14.9 Å². The predicted molar refractivity (Wildman–Crippen MR) is 76.1 cm³/mol. The quantitative estimate of drug-likeness (QED) is 0.872. The van der Waals surface area contributed by atoms with E-state index in [2.05, 4.69) is 10.6 Å². The number of hydrogen-bond acceptors (Lipinski definition) is 2. The second-order valence-corrected chi connectivity index (χ2v) is 5.81. The summed E-state index contributed by atoms with van der Waals surface area (Å²) in [5.74, 6) is -0.300. The lowest BCUT2D eigenvalue weighted by Gasteiger charge is -2.35. The molecule has 2 saturated heterocycles. The van der Waals surface area contributed by atoms with Crippen molar-refractivity contribution in [2.75, 3.05) is 12.4 Å². The number of fused-ring (bicyclic) bond motifs is 2. The summed E-state index contributed by atoms with van der Waals surface area (Å²) in [5, 5.41) is 6.39. The molecule has 2 N–H and O–H groups in total. The molecule has 0 spiro atoms. The zero-order valence-electron chi connectivity index (χ0n) is 11.6. The van der Waals surface area contributed by atoms with E-state index in [1.54, 1.807) is 17.0 Å². The third-order valence-corrected chi connectivity index (χ3v) is 4.41. The van der Waals surface area contributed by atoms with Crippen molar-refractivity contribution in [3.8, 4) is 0 Å². The molecule has 1 aromatic rings. The number of hydrogen-bond donors (Lipinski definition) is 2. The summed E-state index contributed by atoms with van der Waals surface area (Å²) >= 11 is 0. The van der Waals surface area contributed by atoms with Gasteiger partial charge >= 0.3 is 6.03 Å². The van der Waals surface area contributed by atoms with Crippen LogP contribution in [0.25, 0.3) is 0 Å². The molecule has 2 amide bonds. The van der Waals surface area contributed by atoms with Gasteiger partial charge in [-0.3, -0.25) is 0 Å². The van der Waals surface area contributed by atoms with E-state index in [0.29, 0.717) is 17.8 Å². The Morgan fingerprint density at radius 1 is 1.25 bits per heavy atom. The number of nitrogens with one attached hydrogen (secondary N) is 2. The standard InChI is InChI=1S/C15H20FN3O/c1-19(14-8-12-6-7-13(9-14)17-12)15(20)18-11-4-2-10(16)3-5-11/h2-5,12-14,17H,6-9H2,1H3,(H,18,20). The number of carbonyl (C=O) groups is 1. The summed E-state index contributed by atoms with van der Waals surface area (Å²) < 4.78 is 12.8. The van der Waals surface area contributed by atoms with Gasteiger partial charge in [-0.1, -0.05) is 0 Å². The first-order chi connectivity index (χ1) is 9.61. The Kier molecular flexibility index (Phi) is 3.61. The first kappa shape index (κ1) is 13.4. The fourth-order valence-corrected chi connectivity index (χ4v) is 3.25. The minimum atomic E-state index is -0.300. The molecule has 0 aliphatic carbocycles. The highest BCUT2D eigenvalue weighted by Gasteiger charge is 2.36. The monoisotopic (exact) mass is 277 g/mol. The van der Waals surface area contributed by atoms with Crippen molar-refractivity contribution in [2.24, 2.45) is 0 Å². The summed E-state index contributed by atoms with van der Waals surface area (Å²) in [6, 6.07) is 7.12. The van der Waals surface area contributed by atoms with Crippen molar-refractivity contribution >= 4 is 11.7 Å². The van der Waals surface area contributed by atoms with Gasteiger partial charge in [0.05, 0.1) is 0 Å². The number of piperidine rings is 1. The molecule has 108 valence electrons. The van der Waals surface area contributed by atoms with Crippen LogP contribution in [0.5, 0.6) is 0 Å². The molecular weight excluding hydrogens is 257 g/mol. The van der Waals surface area contributed by atoms with Crippen LogP contribution < -0.4 is 10.6 Å². The summed E-state index contributed by atoms with van der Waals surface area (Å²) in [7, 11) is 1.84. The van der Waals surface area contributed by atoms with Crippen molar-refractivity contribution in [2.45, 2.75) is 43.8 Å². The van der Waals surface area contributed by atoms with Crippen LogP contribution in [0.3, 0.4) is 0 Å². The lowest BCUT2D eigenvalue weighted by molar-refractivity contribution is 0.176. The zero-order valence-corrected chi connectivity index (χ0v) is 11.6. The van der Waals surface area contributed by atoms with Crippen molar-refractivity contribution < 1.29 is 9.18 Å². The van der Waals surface area contributed by atoms with Crippen LogP contribution in [0.15, 0.2) is 24.3 Å². The molecule has 0 radical (unpaired) electrons. The van der Waals surface area contributed by atoms with Crippen molar-refractivity contribution in [3.63, 3.8) is 0 Å². The molecule has 1 aromatic carbocycles. The second kappa shape index (κ2) is 5.40. The minimum Gasteiger partial charge on any atom is -0.324 e. The zero-order chi connectivity index (χ0) is 14.1. The van der Waals surface area contributed by atoms with Crippen molar-refractivity contribution in [1.29, 1.82) is 0 Å². The minimum absolute atomic E-state index is 0.122. The third-order valence-electron chi connectivity index (χ3n) is 4.41. The summed E-state index contributed by atoms with van der Waals surface area (Å²) in [6.45, 7) is 0. The first-order valence-corrected chi connectivity index (χ1v) is 7.17. The number of carbonyl (C=O) groups excluding carboxylic acids is 1. The molecule has 0 aromatic heterocycles. The number of nitrogens with zero attached hydrogens (tertiary/aromatic N) is 1. The Hall–Kier alpha value is -1.62. The molecule has 2 unspecified atom stereocenters. The summed E-state index contributed by atoms with van der Waals surface area (Å²) in [6.07, 6.45) is 4.47. The fourth-order valence-electron chi connectivity index (χ4n) is 3.25. The molecule has 2 atom stereocenters. The molecular formula is C15H20FN3O. The van der Waals surface area contributed by atoms with Gasteiger partial charge in [0.25, 0.3) is 0 Å². The maximum Gasteiger partial charge on any atom is 0.321 e. The number of anilines is 1. The summed E-state index contributed by atoms with van der Waals surface area (Å²) in [4.78, 5) is 14.0. The van der Waals surface area contributed by atoms with E-state index in [-0.39, 0.29) is 17.9 Å². The topological polar surface area (TPSA) is 44.4 Å². The average Bonchev–Trinajstić information content (AvgIpc) is 2.79. The van der Waals surface area contributed by atoms with E-state index in [1.807, 2.05) is 7.05 Å². The lowest BCUT2D eigenvalue weighted by atomic mass is 9.99. The number of benzene rings is 1. The molecule has 20 heavy (non-hydrogen) atoms. The normalized spacial score (nSPS) is 28.2. The predicted octanol–water partition coefficient (Wildman–Crippen LogP) is 2.57. The van der Waals surface area contributed by atoms with E-state index in [0.717, 1.165) is 12.8 Å². The van der Waals surface area contributed by atoms with E-state index in [4.69, 9.17) is 0 Å². The number of amides is 2. The van der Waals surface area contributed by atoms with Crippen LogP contribution in [0.2, 0.25) is 0 Å². The Labute approximate surface area is 118 Å². The van der Waals surface area contributed by atoms with E-state index < -0.39 is 0 Å². The molecule has 0 saturated carbocycles. The van der Waals surface area contributed by atoms with Crippen LogP contribution in [-0.2, 0) is 0 Å². The van der Waals surface area contributed by atoms with Crippen LogP contribution in [0.1, 0.15) is 25.7 Å². The van der Waals surface area contributed by atoms with Gasteiger partial charge in [-0.15, -0.1) is 0 Å². The Bertz CT molecular complexity index is 478. The fraction of sp³-hybridized carbons (Fsp3) is 0.533. The van der Waals surface area contributed by atoms with Crippen molar-refractivity contribution in [3.05, 3.63) is 30.1 Å². The van der Waals surface area contributed by atoms with E-state index >= 15 is 0 Å². The highest BCUT2D eigenvalue weighted by atomic mass is 19.1. The number of rotatable bonds is 2. The van der Waals surface area contributed by atoms with Gasteiger partial charge in [0.2, 0.25) is 0 Å². The average molecular weight is 277 g/mol. The molecule has 2 fully saturated rings. The SMILES string of the molecule is CN(C(=O)Nc1ccc(F)cc1)C1CC2CCC(C1)N2. The smallest absolute Gasteiger partial charge is 0.321 e. The second-order valence-electron chi connectivity index (χ2n) is 5.81. The van der Waals surface area contributed by atoms with Gasteiger partial charge in [0.1, 0.15) is 5.82 Å². The third kappa shape index (κ3) is 2.77. The largest absolute Gasteiger partial charge is 0.324 e. The lowest BCUT2D eigenvalue weighted by Crippen LogP contribution is -2.49. The molecule has 4 nitrogen and oxygen atoms in total. The maximum absolute atomic E-state index is 12.8. The molecule has 2 aliphatic rings. The molecule has 2 aliphatic heterocycles. The Morgan fingerprint density at radius 2 is 1.85 bits per heavy atom. The highest BCUT2D eigenvalue weighted by molar-refractivity contribution is 5.89. The van der Waals surface area contributed by atoms with E-state index in [1.165, 1.54) is 25.0 Å². The van der Waals surface area contributed by atoms with Gasteiger partial charge in [-0.05, 0) is 49.9 Å². The summed E-state index contributed by atoms with van der Waals surface area (Å²) in [5.41, 5.74) is 0.625. The van der Waals surface area contributed by atoms with Gasteiger partial charge < -0.3 is 15.5 Å². The van der Waals surface area contributed by atoms with Crippen LogP contribution >= 0.6 is 0 Å². The molecule has 5 heteroatoms. The van der Waals surface area contributed by atoms with Gasteiger partial charge in [0, 0.05) is 30.9 Å². The number of halogens is 1. The molecule has 3 rings (SSSR count). The molecule has 2 heterocycles. The first-order valence-electron chi connectivity index (χ1n) is 7.17. The Balaban J connectivity index is 1.60. The van der Waals surface area contributed by atoms with Crippen molar-refractivity contribution in [1.82, 2.24) is 10.2 Å². The highest BCUT2D eigenvalue weighted by Crippen LogP contribution is 2.29. The van der Waals surface area contributed by atoms with Gasteiger partial charge in [-0.2, -0.15) is 0 Å². The van der Waals surface area contributed by atoms with Crippen LogP contribution in [0, 0.1) is 5.82 Å². The Morgan fingerprint density at radius 3 is 2.45 bits per heavy atom. The number of urea groups is 1. The van der Waals surface area contributed by atoms with E-state index in [9.17, 15) is 9.18 Å². The maximum atomic E-state index is 12.8. The van der Waals surface area contributed by atoms with Crippen LogP contribution in [-0.4, -0.2) is 36.1 Å².